The highest BCUT2D eigenvalue weighted by atomic mass is 79.9. The number of benzene rings is 2. The third kappa shape index (κ3) is 2.31. The fourth-order valence-electron chi connectivity index (χ4n) is 1.54. The molecule has 0 unspecified atom stereocenters. The van der Waals surface area contributed by atoms with E-state index in [2.05, 4.69) is 15.9 Å². The van der Waals surface area contributed by atoms with Gasteiger partial charge in [-0.05, 0) is 29.3 Å². The zero-order chi connectivity index (χ0) is 11.5. The van der Waals surface area contributed by atoms with Crippen LogP contribution in [0, 0.1) is 5.41 Å². The van der Waals surface area contributed by atoms with Gasteiger partial charge >= 0.3 is 0 Å². The van der Waals surface area contributed by atoms with Crippen LogP contribution in [0.25, 0.3) is 11.1 Å². The summed E-state index contributed by atoms with van der Waals surface area (Å²) in [6.45, 7) is 0. The van der Waals surface area contributed by atoms with Crippen LogP contribution in [0.2, 0.25) is 0 Å². The van der Waals surface area contributed by atoms with Gasteiger partial charge in [0.25, 0.3) is 0 Å². The van der Waals surface area contributed by atoms with Crippen molar-refractivity contribution in [2.45, 2.75) is 0 Å². The quantitative estimate of drug-likeness (QED) is 0.640. The lowest BCUT2D eigenvalue weighted by atomic mass is 10.0. The molecule has 3 heteroatoms. The molecule has 0 spiro atoms. The second-order valence-electron chi connectivity index (χ2n) is 3.51. The van der Waals surface area contributed by atoms with E-state index in [1.54, 1.807) is 0 Å². The van der Waals surface area contributed by atoms with Gasteiger partial charge in [-0.25, -0.2) is 0 Å². The van der Waals surface area contributed by atoms with Crippen molar-refractivity contribution in [2.75, 3.05) is 0 Å². The lowest BCUT2D eigenvalue weighted by Gasteiger charge is -2.05. The molecular formula is C13H11BrN2. The lowest BCUT2D eigenvalue weighted by Crippen LogP contribution is -2.10. The Labute approximate surface area is 103 Å². The first-order valence-electron chi connectivity index (χ1n) is 4.87. The normalized spacial score (nSPS) is 10.1. The number of nitrogens with two attached hydrogens (primary N) is 1. The van der Waals surface area contributed by atoms with Gasteiger partial charge in [-0.2, -0.15) is 0 Å². The summed E-state index contributed by atoms with van der Waals surface area (Å²) in [4.78, 5) is 0. The molecule has 16 heavy (non-hydrogen) atoms. The highest BCUT2D eigenvalue weighted by Crippen LogP contribution is 2.24. The Morgan fingerprint density at radius 3 is 2.31 bits per heavy atom. The number of nitrogens with one attached hydrogen (secondary N) is 1. The van der Waals surface area contributed by atoms with Crippen LogP contribution in [0.5, 0.6) is 0 Å². The zero-order valence-corrected chi connectivity index (χ0v) is 10.2. The Kier molecular flexibility index (Phi) is 3.06. The molecule has 0 saturated carbocycles. The monoisotopic (exact) mass is 274 g/mol. The highest BCUT2D eigenvalue weighted by Gasteiger charge is 2.03. The van der Waals surface area contributed by atoms with Gasteiger partial charge in [-0.3, -0.25) is 5.41 Å². The molecule has 0 aliphatic heterocycles. The van der Waals surface area contributed by atoms with Crippen molar-refractivity contribution in [2.24, 2.45) is 5.73 Å². The van der Waals surface area contributed by atoms with Gasteiger partial charge in [0.1, 0.15) is 5.84 Å². The van der Waals surface area contributed by atoms with E-state index in [1.165, 1.54) is 0 Å². The molecule has 0 aromatic heterocycles. The summed E-state index contributed by atoms with van der Waals surface area (Å²) in [7, 11) is 0. The molecule has 0 atom stereocenters. The number of rotatable bonds is 2. The van der Waals surface area contributed by atoms with Crippen LogP contribution in [0.15, 0.2) is 53.0 Å². The van der Waals surface area contributed by atoms with Gasteiger partial charge in [-0.15, -0.1) is 0 Å². The maximum Gasteiger partial charge on any atom is 0.122 e. The van der Waals surface area contributed by atoms with E-state index in [-0.39, 0.29) is 5.84 Å². The van der Waals surface area contributed by atoms with Gasteiger partial charge < -0.3 is 5.73 Å². The standard InChI is InChI=1S/C13H11BrN2/c14-12-7-10(6-11(8-12)13(15)16)9-4-2-1-3-5-9/h1-8H,(H3,15,16). The van der Waals surface area contributed by atoms with Crippen LogP contribution < -0.4 is 5.73 Å². The van der Waals surface area contributed by atoms with Crippen molar-refractivity contribution in [3.05, 3.63) is 58.6 Å². The molecule has 80 valence electrons. The molecule has 2 aromatic rings. The zero-order valence-electron chi connectivity index (χ0n) is 8.57. The third-order valence-electron chi connectivity index (χ3n) is 2.32. The molecule has 0 fully saturated rings. The average molecular weight is 275 g/mol. The van der Waals surface area contributed by atoms with Gasteiger partial charge in [0.2, 0.25) is 0 Å². The first kappa shape index (κ1) is 10.9. The maximum absolute atomic E-state index is 7.45. The Balaban J connectivity index is 2.54. The van der Waals surface area contributed by atoms with Gasteiger partial charge in [0.05, 0.1) is 0 Å². The fourth-order valence-corrected chi connectivity index (χ4v) is 2.04. The second-order valence-corrected chi connectivity index (χ2v) is 4.42. The highest BCUT2D eigenvalue weighted by molar-refractivity contribution is 9.10. The van der Waals surface area contributed by atoms with E-state index < -0.39 is 0 Å². The van der Waals surface area contributed by atoms with E-state index in [9.17, 15) is 0 Å². The summed E-state index contributed by atoms with van der Waals surface area (Å²) in [5.74, 6) is 0.0819. The molecule has 0 amide bonds. The van der Waals surface area contributed by atoms with Crippen LogP contribution in [0.4, 0.5) is 0 Å². The Morgan fingerprint density at radius 1 is 1.00 bits per heavy atom. The molecule has 0 heterocycles. The van der Waals surface area contributed by atoms with Crippen molar-refractivity contribution in [3.63, 3.8) is 0 Å². The van der Waals surface area contributed by atoms with E-state index in [0.29, 0.717) is 0 Å². The Morgan fingerprint density at radius 2 is 1.69 bits per heavy atom. The van der Waals surface area contributed by atoms with Gasteiger partial charge in [0.15, 0.2) is 0 Å². The molecule has 2 nitrogen and oxygen atoms in total. The largest absolute Gasteiger partial charge is 0.384 e. The predicted octanol–water partition coefficient (Wildman–Crippen LogP) is 3.40. The summed E-state index contributed by atoms with van der Waals surface area (Å²) >= 11 is 3.43. The Hall–Kier alpha value is -1.61. The number of hydrogen-bond acceptors (Lipinski definition) is 1. The van der Waals surface area contributed by atoms with E-state index in [0.717, 1.165) is 21.2 Å². The van der Waals surface area contributed by atoms with Gasteiger partial charge in [0, 0.05) is 10.0 Å². The maximum atomic E-state index is 7.45. The molecule has 2 rings (SSSR count). The minimum atomic E-state index is 0.0819. The molecule has 3 N–H and O–H groups in total. The molecule has 0 saturated heterocycles. The van der Waals surface area contributed by atoms with Crippen LogP contribution in [0.3, 0.4) is 0 Å². The molecule has 0 radical (unpaired) electrons. The van der Waals surface area contributed by atoms with Crippen molar-refractivity contribution >= 4 is 21.8 Å². The topological polar surface area (TPSA) is 49.9 Å². The minimum Gasteiger partial charge on any atom is -0.384 e. The summed E-state index contributed by atoms with van der Waals surface area (Å²) in [5, 5.41) is 7.45. The molecule has 0 aliphatic carbocycles. The SMILES string of the molecule is N=C(N)c1cc(Br)cc(-c2ccccc2)c1. The summed E-state index contributed by atoms with van der Waals surface area (Å²) in [5.41, 5.74) is 8.39. The first-order valence-corrected chi connectivity index (χ1v) is 5.66. The number of hydrogen-bond donors (Lipinski definition) is 2. The number of amidine groups is 1. The molecule has 0 bridgehead atoms. The minimum absolute atomic E-state index is 0.0819. The predicted molar refractivity (Wildman–Crippen MR) is 70.6 cm³/mol. The van der Waals surface area contributed by atoms with Crippen LogP contribution in [-0.4, -0.2) is 5.84 Å². The Bertz CT molecular complexity index is 521. The first-order chi connectivity index (χ1) is 7.66. The molecule has 0 aliphatic rings. The smallest absolute Gasteiger partial charge is 0.122 e. The van der Waals surface area contributed by atoms with Crippen molar-refractivity contribution in [3.8, 4) is 11.1 Å². The third-order valence-corrected chi connectivity index (χ3v) is 2.77. The molecule has 2 aromatic carbocycles. The lowest BCUT2D eigenvalue weighted by molar-refractivity contribution is 1.42. The van der Waals surface area contributed by atoms with Crippen molar-refractivity contribution in [1.82, 2.24) is 0 Å². The van der Waals surface area contributed by atoms with E-state index in [1.807, 2.05) is 48.5 Å². The summed E-state index contributed by atoms with van der Waals surface area (Å²) in [6.07, 6.45) is 0. The van der Waals surface area contributed by atoms with Gasteiger partial charge in [-0.1, -0.05) is 46.3 Å². The van der Waals surface area contributed by atoms with E-state index >= 15 is 0 Å². The van der Waals surface area contributed by atoms with Crippen LogP contribution >= 0.6 is 15.9 Å². The van der Waals surface area contributed by atoms with Crippen LogP contribution in [0.1, 0.15) is 5.56 Å². The van der Waals surface area contributed by atoms with Crippen molar-refractivity contribution < 1.29 is 0 Å². The van der Waals surface area contributed by atoms with Crippen LogP contribution in [-0.2, 0) is 0 Å². The van der Waals surface area contributed by atoms with E-state index in [4.69, 9.17) is 11.1 Å². The summed E-state index contributed by atoms with van der Waals surface area (Å²) < 4.78 is 0.930. The number of nitrogen functional groups attached to an aromatic ring is 1. The summed E-state index contributed by atoms with van der Waals surface area (Å²) in [6, 6.07) is 15.8. The second kappa shape index (κ2) is 4.49. The fraction of sp³-hybridized carbons (Fsp3) is 0. The van der Waals surface area contributed by atoms with Crippen molar-refractivity contribution in [1.29, 1.82) is 5.41 Å². The molecular weight excluding hydrogens is 264 g/mol. The average Bonchev–Trinajstić information content (AvgIpc) is 2.29. The number of halogens is 1.